The van der Waals surface area contributed by atoms with Crippen LogP contribution in [0, 0.1) is 36.0 Å². The van der Waals surface area contributed by atoms with Crippen molar-refractivity contribution in [2.45, 2.75) is 82.5 Å². The molecule has 0 aromatic carbocycles. The van der Waals surface area contributed by atoms with E-state index in [1.165, 1.54) is 4.90 Å². The minimum Gasteiger partial charge on any atom is -0.396 e. The van der Waals surface area contributed by atoms with Gasteiger partial charge in [0.05, 0.1) is 29.8 Å². The van der Waals surface area contributed by atoms with Crippen LogP contribution in [0.15, 0.2) is 5.16 Å². The second-order valence-corrected chi connectivity index (χ2v) is 9.22. The van der Waals surface area contributed by atoms with Gasteiger partial charge in [0.25, 0.3) is 0 Å². The third-order valence-electron chi connectivity index (χ3n) is 7.49. The van der Waals surface area contributed by atoms with E-state index in [2.05, 4.69) is 11.1 Å². The number of oxime groups is 1. The van der Waals surface area contributed by atoms with Crippen molar-refractivity contribution in [2.75, 3.05) is 6.61 Å². The predicted octanol–water partition coefficient (Wildman–Crippen LogP) is 1.86. The highest BCUT2D eigenvalue weighted by molar-refractivity contribution is 6.06. The van der Waals surface area contributed by atoms with Crippen molar-refractivity contribution in [2.24, 2.45) is 28.8 Å². The molecule has 164 valence electrons. The van der Waals surface area contributed by atoms with Crippen LogP contribution in [-0.4, -0.2) is 57.5 Å². The summed E-state index contributed by atoms with van der Waals surface area (Å²) in [7, 11) is 0. The van der Waals surface area contributed by atoms with E-state index in [9.17, 15) is 19.8 Å². The Morgan fingerprint density at radius 1 is 1.07 bits per heavy atom. The van der Waals surface area contributed by atoms with Crippen molar-refractivity contribution < 1.29 is 24.6 Å². The van der Waals surface area contributed by atoms with E-state index >= 15 is 0 Å². The molecule has 2 amide bonds. The van der Waals surface area contributed by atoms with E-state index in [4.69, 9.17) is 11.3 Å². The number of carbonyl (C=O) groups excluding carboxylic acids is 2. The molecule has 3 saturated carbocycles. The van der Waals surface area contributed by atoms with Crippen molar-refractivity contribution in [3.8, 4) is 12.3 Å². The first-order valence-electron chi connectivity index (χ1n) is 11.4. The molecule has 0 spiro atoms. The molecule has 6 atom stereocenters. The van der Waals surface area contributed by atoms with Crippen molar-refractivity contribution in [3.05, 3.63) is 0 Å². The molecule has 0 radical (unpaired) electrons. The summed E-state index contributed by atoms with van der Waals surface area (Å²) in [4.78, 5) is 33.5. The summed E-state index contributed by atoms with van der Waals surface area (Å²) in [6.07, 6.45) is 11.0. The number of aliphatic hydroxyl groups excluding tert-OH is 2. The number of rotatable bonds is 5. The third-order valence-corrected chi connectivity index (χ3v) is 7.49. The van der Waals surface area contributed by atoms with Crippen LogP contribution in [0.4, 0.5) is 0 Å². The average Bonchev–Trinajstić information content (AvgIpc) is 3.01. The number of nitrogens with zero attached hydrogens (tertiary/aromatic N) is 2. The van der Waals surface area contributed by atoms with Gasteiger partial charge in [0.15, 0.2) is 0 Å². The number of terminal acetylenes is 1. The van der Waals surface area contributed by atoms with Gasteiger partial charge >= 0.3 is 0 Å². The Morgan fingerprint density at radius 2 is 1.80 bits per heavy atom. The molecule has 1 heterocycles. The Morgan fingerprint density at radius 3 is 2.53 bits per heavy atom. The fraction of sp³-hybridized carbons (Fsp3) is 0.783. The first-order chi connectivity index (χ1) is 14.5. The lowest BCUT2D eigenvalue weighted by Gasteiger charge is -2.45. The number of likely N-dealkylation sites (tertiary alicyclic amines) is 1. The molecule has 30 heavy (non-hydrogen) atoms. The summed E-state index contributed by atoms with van der Waals surface area (Å²) in [5, 5.41) is 25.6. The van der Waals surface area contributed by atoms with Gasteiger partial charge in [0.2, 0.25) is 11.8 Å². The number of aliphatic hydroxyl groups is 2. The molecule has 1 aliphatic heterocycles. The number of unbranched alkanes of at least 4 members (excludes halogenated alkanes) is 1. The zero-order valence-corrected chi connectivity index (χ0v) is 17.4. The highest BCUT2D eigenvalue weighted by atomic mass is 16.6. The van der Waals surface area contributed by atoms with E-state index in [0.29, 0.717) is 38.0 Å². The summed E-state index contributed by atoms with van der Waals surface area (Å²) in [5.41, 5.74) is 0.688. The fourth-order valence-corrected chi connectivity index (χ4v) is 6.06. The zero-order valence-electron chi connectivity index (χ0n) is 17.4. The molecular formula is C23H32N2O5. The number of fused-ring (bicyclic) bond motifs is 3. The Bertz CT molecular complexity index is 738. The van der Waals surface area contributed by atoms with Gasteiger partial charge in [-0.15, -0.1) is 12.3 Å². The Kier molecular flexibility index (Phi) is 6.45. The van der Waals surface area contributed by atoms with Gasteiger partial charge in [-0.25, -0.2) is 0 Å². The maximum Gasteiger partial charge on any atom is 0.233 e. The standard InChI is InChI=1S/C23H32N2O5/c1-2-3-7-12-30-24-17-13-18(26)21(27)19-15(17)10-11-16-20(19)23(29)25(22(16)28)14-8-5-4-6-9-14/h1,14-16,18-21,26-27H,3-13H2/b24-17+/t15-,16-,18-,19+,20-,21-/m1/s1. The quantitative estimate of drug-likeness (QED) is 0.308. The number of imide groups is 1. The zero-order chi connectivity index (χ0) is 21.3. The maximum atomic E-state index is 13.4. The van der Waals surface area contributed by atoms with Crippen molar-refractivity contribution in [1.82, 2.24) is 4.90 Å². The average molecular weight is 417 g/mol. The second kappa shape index (κ2) is 9.07. The van der Waals surface area contributed by atoms with E-state index in [1.54, 1.807) is 0 Å². The fourth-order valence-electron chi connectivity index (χ4n) is 6.06. The predicted molar refractivity (Wildman–Crippen MR) is 110 cm³/mol. The van der Waals surface area contributed by atoms with Gasteiger partial charge < -0.3 is 15.1 Å². The molecule has 2 N–H and O–H groups in total. The monoisotopic (exact) mass is 416 g/mol. The highest BCUT2D eigenvalue weighted by Crippen LogP contribution is 2.50. The van der Waals surface area contributed by atoms with Gasteiger partial charge in [0.1, 0.15) is 6.61 Å². The van der Waals surface area contributed by atoms with E-state index in [-0.39, 0.29) is 30.2 Å². The van der Waals surface area contributed by atoms with Crippen LogP contribution in [0.5, 0.6) is 0 Å². The molecule has 4 rings (SSSR count). The second-order valence-electron chi connectivity index (χ2n) is 9.22. The van der Waals surface area contributed by atoms with Crippen molar-refractivity contribution in [3.63, 3.8) is 0 Å². The van der Waals surface area contributed by atoms with Crippen LogP contribution in [0.1, 0.15) is 64.2 Å². The van der Waals surface area contributed by atoms with Crippen molar-refractivity contribution in [1.29, 1.82) is 0 Å². The lowest BCUT2D eigenvalue weighted by molar-refractivity contribution is -0.145. The van der Waals surface area contributed by atoms with Crippen LogP contribution >= 0.6 is 0 Å². The van der Waals surface area contributed by atoms with Gasteiger partial charge in [-0.3, -0.25) is 14.5 Å². The molecule has 0 aromatic rings. The first kappa shape index (κ1) is 21.3. The van der Waals surface area contributed by atoms with E-state index < -0.39 is 30.0 Å². The van der Waals surface area contributed by atoms with Gasteiger partial charge in [-0.1, -0.05) is 24.4 Å². The maximum absolute atomic E-state index is 13.4. The van der Waals surface area contributed by atoms with Gasteiger partial charge in [-0.2, -0.15) is 0 Å². The van der Waals surface area contributed by atoms with Crippen LogP contribution in [0.25, 0.3) is 0 Å². The van der Waals surface area contributed by atoms with Crippen LogP contribution in [-0.2, 0) is 14.4 Å². The normalized spacial score (nSPS) is 38.3. The first-order valence-corrected chi connectivity index (χ1v) is 11.4. The van der Waals surface area contributed by atoms with Crippen LogP contribution < -0.4 is 0 Å². The molecule has 4 aliphatic rings. The summed E-state index contributed by atoms with van der Waals surface area (Å²) in [6, 6.07) is -0.0129. The van der Waals surface area contributed by atoms with Crippen molar-refractivity contribution >= 4 is 17.5 Å². The summed E-state index contributed by atoms with van der Waals surface area (Å²) in [5.74, 6) is 0.707. The van der Waals surface area contributed by atoms with Gasteiger partial charge in [-0.05, 0) is 32.1 Å². The lowest BCUT2D eigenvalue weighted by Crippen LogP contribution is -2.54. The molecule has 7 heteroatoms. The molecular weight excluding hydrogens is 384 g/mol. The van der Waals surface area contributed by atoms with Gasteiger partial charge in [0, 0.05) is 30.7 Å². The van der Waals surface area contributed by atoms with Crippen LogP contribution in [0.2, 0.25) is 0 Å². The molecule has 0 unspecified atom stereocenters. The Hall–Kier alpha value is -1.91. The summed E-state index contributed by atoms with van der Waals surface area (Å²) >= 11 is 0. The third kappa shape index (κ3) is 3.76. The van der Waals surface area contributed by atoms with Crippen LogP contribution in [0.3, 0.4) is 0 Å². The SMILES string of the molecule is C#CCCCO/N=C1\C[C@@H](O)[C@@H](O)[C@@H]2[C@@H]3C(=O)N(C4CCCCC4)C(=O)[C@@H]3CC[C@H]12. The lowest BCUT2D eigenvalue weighted by atomic mass is 9.60. The Balaban J connectivity index is 1.55. The number of hydrogen-bond acceptors (Lipinski definition) is 6. The number of amides is 2. The summed E-state index contributed by atoms with van der Waals surface area (Å²) < 4.78 is 0. The smallest absolute Gasteiger partial charge is 0.233 e. The molecule has 0 aromatic heterocycles. The molecule has 3 aliphatic carbocycles. The Labute approximate surface area is 177 Å². The largest absolute Gasteiger partial charge is 0.396 e. The number of carbonyl (C=O) groups is 2. The topological polar surface area (TPSA) is 99.4 Å². The number of hydrogen-bond donors (Lipinski definition) is 2. The minimum absolute atomic E-state index is 0.0129. The highest BCUT2D eigenvalue weighted by Gasteiger charge is 2.60. The molecule has 7 nitrogen and oxygen atoms in total. The van der Waals surface area contributed by atoms with E-state index in [0.717, 1.165) is 32.1 Å². The molecule has 0 bridgehead atoms. The summed E-state index contributed by atoms with van der Waals surface area (Å²) in [6.45, 7) is 0.392. The molecule has 1 saturated heterocycles. The van der Waals surface area contributed by atoms with E-state index in [1.807, 2.05) is 0 Å². The minimum atomic E-state index is -1.04. The molecule has 4 fully saturated rings.